The van der Waals surface area contributed by atoms with E-state index in [0.29, 0.717) is 18.4 Å². The largest absolute Gasteiger partial charge is 0.328 e. The number of anilines is 1. The van der Waals surface area contributed by atoms with E-state index in [1.807, 2.05) is 25.2 Å². The Balaban J connectivity index is 1.78. The van der Waals surface area contributed by atoms with E-state index in [2.05, 4.69) is 15.4 Å². The number of aryl methyl sites for hydroxylation is 1. The van der Waals surface area contributed by atoms with Crippen molar-refractivity contribution < 1.29 is 4.79 Å². The van der Waals surface area contributed by atoms with Gasteiger partial charge in [-0.1, -0.05) is 6.07 Å². The third-order valence-electron chi connectivity index (χ3n) is 5.41. The summed E-state index contributed by atoms with van der Waals surface area (Å²) < 4.78 is 1.78. The minimum atomic E-state index is 0.0814. The summed E-state index contributed by atoms with van der Waals surface area (Å²) in [5, 5.41) is 7.68. The van der Waals surface area contributed by atoms with E-state index in [4.69, 9.17) is 5.73 Å². The van der Waals surface area contributed by atoms with Crippen molar-refractivity contribution in [3.8, 4) is 11.4 Å². The van der Waals surface area contributed by atoms with Crippen LogP contribution in [0, 0.1) is 5.92 Å². The van der Waals surface area contributed by atoms with Crippen molar-refractivity contribution in [3.63, 3.8) is 0 Å². The van der Waals surface area contributed by atoms with Gasteiger partial charge in [-0.3, -0.25) is 14.5 Å². The molecule has 1 aliphatic carbocycles. The highest BCUT2D eigenvalue weighted by Gasteiger charge is 2.38. The number of carbonyl (C=O) groups is 1. The number of amides is 1. The number of nitrogens with zero attached hydrogens (tertiary/aromatic N) is 3. The standard InChI is InChI=1S/C18H23N5O/c1-23-18-16(17(22-23)14-4-2-3-9-20-14)13(10-15(24)21-18)11-5-7-12(19)8-6-11/h2-4,9,11-13H,5-8,10,19H2,1H3,(H,21,24)/t11?,12?,13-/m0/s1. The monoisotopic (exact) mass is 325 g/mol. The van der Waals surface area contributed by atoms with Crippen molar-refractivity contribution in [3.05, 3.63) is 30.0 Å². The van der Waals surface area contributed by atoms with Crippen molar-refractivity contribution in [1.82, 2.24) is 14.8 Å². The molecule has 1 saturated carbocycles. The third kappa shape index (κ3) is 2.60. The predicted molar refractivity (Wildman–Crippen MR) is 92.4 cm³/mol. The van der Waals surface area contributed by atoms with E-state index in [1.54, 1.807) is 10.9 Å². The first kappa shape index (κ1) is 15.3. The molecule has 1 amide bonds. The smallest absolute Gasteiger partial charge is 0.226 e. The maximum Gasteiger partial charge on any atom is 0.226 e. The topological polar surface area (TPSA) is 85.8 Å². The predicted octanol–water partition coefficient (Wildman–Crippen LogP) is 2.43. The Hall–Kier alpha value is -2.21. The van der Waals surface area contributed by atoms with E-state index >= 15 is 0 Å². The Morgan fingerprint density at radius 2 is 2.04 bits per heavy atom. The molecule has 2 aromatic heterocycles. The summed E-state index contributed by atoms with van der Waals surface area (Å²) in [5.41, 5.74) is 8.98. The Labute approximate surface area is 141 Å². The first-order chi connectivity index (χ1) is 11.6. The van der Waals surface area contributed by atoms with Crippen LogP contribution < -0.4 is 11.1 Å². The van der Waals surface area contributed by atoms with Crippen LogP contribution in [0.3, 0.4) is 0 Å². The Morgan fingerprint density at radius 3 is 2.75 bits per heavy atom. The number of carbonyl (C=O) groups excluding carboxylic acids is 1. The van der Waals surface area contributed by atoms with Gasteiger partial charge in [-0.2, -0.15) is 5.10 Å². The lowest BCUT2D eigenvalue weighted by molar-refractivity contribution is -0.117. The highest BCUT2D eigenvalue weighted by Crippen LogP contribution is 2.46. The van der Waals surface area contributed by atoms with Gasteiger partial charge in [0.05, 0.1) is 5.69 Å². The lowest BCUT2D eigenvalue weighted by Gasteiger charge is -2.35. The van der Waals surface area contributed by atoms with Gasteiger partial charge in [-0.15, -0.1) is 0 Å². The van der Waals surface area contributed by atoms with Crippen LogP contribution in [-0.4, -0.2) is 26.7 Å². The highest BCUT2D eigenvalue weighted by atomic mass is 16.1. The van der Waals surface area contributed by atoms with Crippen LogP contribution in [0.25, 0.3) is 11.4 Å². The van der Waals surface area contributed by atoms with Gasteiger partial charge in [-0.05, 0) is 43.7 Å². The first-order valence-corrected chi connectivity index (χ1v) is 8.67. The molecule has 2 aromatic rings. The van der Waals surface area contributed by atoms with E-state index in [9.17, 15) is 4.79 Å². The second kappa shape index (κ2) is 6.02. The highest BCUT2D eigenvalue weighted by molar-refractivity contribution is 5.95. The number of nitrogens with two attached hydrogens (primary N) is 1. The molecule has 2 aliphatic rings. The van der Waals surface area contributed by atoms with Gasteiger partial charge in [0.1, 0.15) is 11.5 Å². The second-order valence-electron chi connectivity index (χ2n) is 6.98. The molecule has 4 rings (SSSR count). The maximum absolute atomic E-state index is 12.2. The van der Waals surface area contributed by atoms with Gasteiger partial charge in [0.2, 0.25) is 5.91 Å². The molecule has 0 aromatic carbocycles. The number of nitrogens with one attached hydrogen (secondary N) is 1. The van der Waals surface area contributed by atoms with Crippen molar-refractivity contribution in [1.29, 1.82) is 0 Å². The van der Waals surface area contributed by atoms with Crippen LogP contribution in [0.1, 0.15) is 43.6 Å². The SMILES string of the molecule is Cn1nc(-c2ccccn2)c2c1NC(=O)C[C@H]2C1CCC(N)CC1. The normalized spacial score (nSPS) is 26.8. The molecule has 1 fully saturated rings. The summed E-state index contributed by atoms with van der Waals surface area (Å²) >= 11 is 0. The van der Waals surface area contributed by atoms with Crippen LogP contribution in [0.4, 0.5) is 5.82 Å². The van der Waals surface area contributed by atoms with E-state index in [-0.39, 0.29) is 11.8 Å². The quantitative estimate of drug-likeness (QED) is 0.888. The molecule has 3 N–H and O–H groups in total. The van der Waals surface area contributed by atoms with E-state index < -0.39 is 0 Å². The molecule has 126 valence electrons. The molecule has 0 radical (unpaired) electrons. The molecule has 0 saturated heterocycles. The third-order valence-corrected chi connectivity index (χ3v) is 5.41. The molecule has 0 unspecified atom stereocenters. The Kier molecular flexibility index (Phi) is 3.84. The van der Waals surface area contributed by atoms with Gasteiger partial charge >= 0.3 is 0 Å². The van der Waals surface area contributed by atoms with Crippen LogP contribution >= 0.6 is 0 Å². The van der Waals surface area contributed by atoms with E-state index in [0.717, 1.165) is 48.5 Å². The second-order valence-corrected chi connectivity index (χ2v) is 6.98. The van der Waals surface area contributed by atoms with Crippen LogP contribution in [0.15, 0.2) is 24.4 Å². The average molecular weight is 325 g/mol. The molecule has 3 heterocycles. The molecule has 6 heteroatoms. The maximum atomic E-state index is 12.2. The van der Waals surface area contributed by atoms with Crippen LogP contribution in [-0.2, 0) is 11.8 Å². The van der Waals surface area contributed by atoms with Crippen LogP contribution in [0.2, 0.25) is 0 Å². The van der Waals surface area contributed by atoms with Crippen molar-refractivity contribution in [2.75, 3.05) is 5.32 Å². The molecular weight excluding hydrogens is 302 g/mol. The number of hydrogen-bond acceptors (Lipinski definition) is 4. The summed E-state index contributed by atoms with van der Waals surface area (Å²) in [7, 11) is 1.88. The lowest BCUT2D eigenvalue weighted by Crippen LogP contribution is -2.33. The Morgan fingerprint density at radius 1 is 1.25 bits per heavy atom. The van der Waals surface area contributed by atoms with Gasteiger partial charge in [0.25, 0.3) is 0 Å². The fourth-order valence-electron chi connectivity index (χ4n) is 4.17. The van der Waals surface area contributed by atoms with Crippen LogP contribution in [0.5, 0.6) is 0 Å². The van der Waals surface area contributed by atoms with Gasteiger partial charge in [-0.25, -0.2) is 0 Å². The van der Waals surface area contributed by atoms with Crippen molar-refractivity contribution >= 4 is 11.7 Å². The minimum absolute atomic E-state index is 0.0814. The number of fused-ring (bicyclic) bond motifs is 1. The number of aromatic nitrogens is 3. The zero-order chi connectivity index (χ0) is 16.7. The fourth-order valence-corrected chi connectivity index (χ4v) is 4.17. The molecule has 1 aliphatic heterocycles. The fraction of sp³-hybridized carbons (Fsp3) is 0.500. The van der Waals surface area contributed by atoms with Crippen molar-refractivity contribution in [2.45, 2.75) is 44.1 Å². The molecule has 6 nitrogen and oxygen atoms in total. The summed E-state index contributed by atoms with van der Waals surface area (Å²) in [6.45, 7) is 0. The minimum Gasteiger partial charge on any atom is -0.328 e. The summed E-state index contributed by atoms with van der Waals surface area (Å²) in [4.78, 5) is 16.7. The molecular formula is C18H23N5O. The Bertz CT molecular complexity index is 746. The van der Waals surface area contributed by atoms with Crippen molar-refractivity contribution in [2.24, 2.45) is 18.7 Å². The number of hydrogen-bond donors (Lipinski definition) is 2. The number of rotatable bonds is 2. The zero-order valence-electron chi connectivity index (χ0n) is 13.9. The van der Waals surface area contributed by atoms with Gasteiger partial charge in [0, 0.05) is 37.2 Å². The number of pyridine rings is 1. The van der Waals surface area contributed by atoms with Gasteiger partial charge in [0.15, 0.2) is 0 Å². The lowest BCUT2D eigenvalue weighted by atomic mass is 9.72. The average Bonchev–Trinajstić information content (AvgIpc) is 2.93. The summed E-state index contributed by atoms with van der Waals surface area (Å²) in [6.07, 6.45) is 6.55. The summed E-state index contributed by atoms with van der Waals surface area (Å²) in [5.74, 6) is 1.60. The molecule has 1 atom stereocenters. The zero-order valence-corrected chi connectivity index (χ0v) is 13.9. The molecule has 0 bridgehead atoms. The van der Waals surface area contributed by atoms with Gasteiger partial charge < -0.3 is 11.1 Å². The first-order valence-electron chi connectivity index (χ1n) is 8.67. The molecule has 0 spiro atoms. The molecule has 24 heavy (non-hydrogen) atoms. The van der Waals surface area contributed by atoms with E-state index in [1.165, 1.54) is 0 Å². The summed E-state index contributed by atoms with van der Waals surface area (Å²) in [6, 6.07) is 6.16.